The summed E-state index contributed by atoms with van der Waals surface area (Å²) in [4.78, 5) is 37.5. The summed E-state index contributed by atoms with van der Waals surface area (Å²) in [5.74, 6) is -0.00892. The van der Waals surface area contributed by atoms with Crippen LogP contribution in [0.15, 0.2) is 23.5 Å². The van der Waals surface area contributed by atoms with E-state index in [2.05, 4.69) is 20.8 Å². The largest absolute Gasteiger partial charge is 0.491 e. The summed E-state index contributed by atoms with van der Waals surface area (Å²) in [5, 5.41) is 10.4. The lowest BCUT2D eigenvalue weighted by atomic mass is 9.46. The molecular weight excluding hydrogens is 436 g/mol. The van der Waals surface area contributed by atoms with E-state index in [-0.39, 0.29) is 47.3 Å². The van der Waals surface area contributed by atoms with E-state index in [4.69, 9.17) is 14.2 Å². The number of cyclic esters (lactones) is 1. The number of hydrogen-bond acceptors (Lipinski definition) is 7. The van der Waals surface area contributed by atoms with E-state index < -0.39 is 28.7 Å². The molecule has 0 amide bonds. The van der Waals surface area contributed by atoms with Gasteiger partial charge in [-0.05, 0) is 49.9 Å². The number of hydrogen-bond donors (Lipinski definition) is 1. The van der Waals surface area contributed by atoms with Crippen molar-refractivity contribution in [3.8, 4) is 0 Å². The fourth-order valence-corrected chi connectivity index (χ4v) is 8.85. The minimum Gasteiger partial charge on any atom is -0.491 e. The molecule has 7 nitrogen and oxygen atoms in total. The SMILES string of the molecule is COC(=O)C[C@H]1C(C)(C)C(=O)C=C2O[C@@]3(C)[C@H]4CC[C@@H](C5=CC(=O)O[C@@H]5O)[C@]4(C)CC[C@@H]3[C@@]21C. The highest BCUT2D eigenvalue weighted by atomic mass is 16.6. The lowest BCUT2D eigenvalue weighted by Gasteiger charge is -2.55. The van der Waals surface area contributed by atoms with Crippen LogP contribution < -0.4 is 0 Å². The highest BCUT2D eigenvalue weighted by Crippen LogP contribution is 2.73. The molecule has 8 atom stereocenters. The highest BCUT2D eigenvalue weighted by Gasteiger charge is 2.72. The van der Waals surface area contributed by atoms with Crippen LogP contribution in [0.2, 0.25) is 0 Å². The van der Waals surface area contributed by atoms with Gasteiger partial charge in [-0.15, -0.1) is 0 Å². The Bertz CT molecular complexity index is 1020. The summed E-state index contributed by atoms with van der Waals surface area (Å²) in [5.41, 5.74) is -1.19. The molecule has 2 heterocycles. The fourth-order valence-electron chi connectivity index (χ4n) is 8.85. The first-order valence-electron chi connectivity index (χ1n) is 12.4. The number of fused-ring (bicyclic) bond motifs is 5. The van der Waals surface area contributed by atoms with E-state index in [1.165, 1.54) is 13.2 Å². The lowest BCUT2D eigenvalue weighted by molar-refractivity contribution is -0.153. The predicted molar refractivity (Wildman–Crippen MR) is 122 cm³/mol. The Morgan fingerprint density at radius 1 is 1.09 bits per heavy atom. The average Bonchev–Trinajstić information content (AvgIpc) is 3.34. The van der Waals surface area contributed by atoms with Crippen molar-refractivity contribution >= 4 is 17.7 Å². The zero-order valence-electron chi connectivity index (χ0n) is 21.0. The molecule has 0 aromatic carbocycles. The van der Waals surface area contributed by atoms with Crippen molar-refractivity contribution in [1.82, 2.24) is 0 Å². The Labute approximate surface area is 200 Å². The first-order valence-corrected chi connectivity index (χ1v) is 12.4. The van der Waals surface area contributed by atoms with Crippen LogP contribution in [-0.4, -0.2) is 41.8 Å². The quantitative estimate of drug-likeness (QED) is 0.625. The Kier molecular flexibility index (Phi) is 4.98. The second kappa shape index (κ2) is 7.19. The molecule has 5 aliphatic rings. The van der Waals surface area contributed by atoms with Crippen molar-refractivity contribution in [3.05, 3.63) is 23.5 Å². The summed E-state index contributed by atoms with van der Waals surface area (Å²) < 4.78 is 16.9. The zero-order chi connectivity index (χ0) is 24.8. The molecule has 0 spiro atoms. The molecule has 7 heteroatoms. The van der Waals surface area contributed by atoms with Crippen LogP contribution in [0.3, 0.4) is 0 Å². The molecule has 2 saturated carbocycles. The van der Waals surface area contributed by atoms with Crippen molar-refractivity contribution in [1.29, 1.82) is 0 Å². The van der Waals surface area contributed by atoms with Crippen LogP contribution in [0, 0.1) is 39.9 Å². The Hall–Kier alpha value is -2.15. The average molecular weight is 473 g/mol. The van der Waals surface area contributed by atoms with E-state index >= 15 is 0 Å². The maximum absolute atomic E-state index is 13.2. The lowest BCUT2D eigenvalue weighted by Crippen LogP contribution is -2.57. The summed E-state index contributed by atoms with van der Waals surface area (Å²) in [7, 11) is 1.39. The molecule has 0 bridgehead atoms. The molecule has 1 saturated heterocycles. The number of aliphatic hydroxyl groups is 1. The van der Waals surface area contributed by atoms with Crippen molar-refractivity contribution in [2.75, 3.05) is 7.11 Å². The normalized spacial score (nSPS) is 46.5. The molecule has 0 unspecified atom stereocenters. The Morgan fingerprint density at radius 3 is 2.41 bits per heavy atom. The Balaban J connectivity index is 1.56. The number of ketones is 1. The molecule has 2 aliphatic heterocycles. The van der Waals surface area contributed by atoms with Gasteiger partial charge >= 0.3 is 11.9 Å². The van der Waals surface area contributed by atoms with Crippen LogP contribution in [0.5, 0.6) is 0 Å². The monoisotopic (exact) mass is 472 g/mol. The van der Waals surface area contributed by atoms with Crippen molar-refractivity contribution in [2.24, 2.45) is 39.9 Å². The summed E-state index contributed by atoms with van der Waals surface area (Å²) in [6.45, 7) is 10.4. The molecule has 0 aromatic heterocycles. The molecule has 3 fully saturated rings. The molecule has 0 radical (unpaired) electrons. The van der Waals surface area contributed by atoms with Gasteiger partial charge in [-0.3, -0.25) is 9.59 Å². The Morgan fingerprint density at radius 2 is 1.79 bits per heavy atom. The minimum atomic E-state index is -1.17. The summed E-state index contributed by atoms with van der Waals surface area (Å²) >= 11 is 0. The molecule has 1 N–H and O–H groups in total. The van der Waals surface area contributed by atoms with Gasteiger partial charge in [0.2, 0.25) is 6.29 Å². The molecule has 3 aliphatic carbocycles. The van der Waals surface area contributed by atoms with E-state index in [9.17, 15) is 19.5 Å². The minimum absolute atomic E-state index is 0.0157. The number of carbonyl (C=O) groups is 3. The number of esters is 2. The second-order valence-electron chi connectivity index (χ2n) is 12.2. The predicted octanol–water partition coefficient (Wildman–Crippen LogP) is 3.70. The first-order chi connectivity index (χ1) is 15.8. The van der Waals surface area contributed by atoms with Gasteiger partial charge in [0, 0.05) is 40.4 Å². The number of aliphatic hydroxyl groups excluding tert-OH is 1. The van der Waals surface area contributed by atoms with E-state index in [0.717, 1.165) is 25.7 Å². The van der Waals surface area contributed by atoms with Crippen molar-refractivity contribution < 1.29 is 33.7 Å². The van der Waals surface area contributed by atoms with Crippen molar-refractivity contribution in [3.63, 3.8) is 0 Å². The maximum atomic E-state index is 13.2. The number of allylic oxidation sites excluding steroid dienone is 2. The third-order valence-electron chi connectivity index (χ3n) is 10.6. The number of ether oxygens (including phenoxy) is 3. The molecule has 0 aromatic rings. The van der Waals surface area contributed by atoms with Crippen molar-refractivity contribution in [2.45, 2.75) is 78.6 Å². The van der Waals surface area contributed by atoms with Gasteiger partial charge in [-0.2, -0.15) is 0 Å². The highest BCUT2D eigenvalue weighted by molar-refractivity contribution is 5.97. The molecule has 34 heavy (non-hydrogen) atoms. The van der Waals surface area contributed by atoms with Gasteiger partial charge in [-0.1, -0.05) is 27.7 Å². The van der Waals surface area contributed by atoms with E-state index in [0.29, 0.717) is 11.3 Å². The van der Waals surface area contributed by atoms with Gasteiger partial charge < -0.3 is 19.3 Å². The summed E-state index contributed by atoms with van der Waals surface area (Å²) in [6, 6.07) is 0. The van der Waals surface area contributed by atoms with Gasteiger partial charge in [0.15, 0.2) is 5.78 Å². The van der Waals surface area contributed by atoms with Gasteiger partial charge in [0.1, 0.15) is 11.4 Å². The van der Waals surface area contributed by atoms with Gasteiger partial charge in [0.05, 0.1) is 13.5 Å². The van der Waals surface area contributed by atoms with Gasteiger partial charge in [-0.25, -0.2) is 4.79 Å². The number of rotatable bonds is 3. The fraction of sp³-hybridized carbons (Fsp3) is 0.741. The molecule has 5 rings (SSSR count). The third kappa shape index (κ3) is 2.82. The van der Waals surface area contributed by atoms with Crippen LogP contribution in [0.25, 0.3) is 0 Å². The van der Waals surface area contributed by atoms with E-state index in [1.807, 2.05) is 13.8 Å². The van der Waals surface area contributed by atoms with Crippen LogP contribution >= 0.6 is 0 Å². The second-order valence-corrected chi connectivity index (χ2v) is 12.2. The number of carbonyl (C=O) groups excluding carboxylic acids is 3. The molecule has 186 valence electrons. The van der Waals surface area contributed by atoms with E-state index in [1.54, 1.807) is 6.08 Å². The van der Waals surface area contributed by atoms with Crippen LogP contribution in [0.4, 0.5) is 0 Å². The number of methoxy groups -OCH3 is 1. The van der Waals surface area contributed by atoms with Crippen LogP contribution in [0.1, 0.15) is 66.7 Å². The summed E-state index contributed by atoms with van der Waals surface area (Å²) in [6.07, 6.45) is 5.66. The standard InChI is InChI=1S/C27H36O7/c1-24(2)18(12-21(29)32-6)26(4)17-9-10-25(3)15(14-11-22(30)33-23(14)31)7-8-16(25)27(17,5)34-20(26)13-19(24)28/h11,13,15-18,23,31H,7-10,12H2,1-6H3/t15-,16-,17+,18-,23-,25-,26+,27-/m0/s1. The topological polar surface area (TPSA) is 99.1 Å². The smallest absolute Gasteiger partial charge is 0.333 e. The maximum Gasteiger partial charge on any atom is 0.333 e. The first kappa shape index (κ1) is 23.6. The van der Waals surface area contributed by atoms with Gasteiger partial charge in [0.25, 0.3) is 0 Å². The molecular formula is C27H36O7. The third-order valence-corrected chi connectivity index (χ3v) is 10.6. The zero-order valence-corrected chi connectivity index (χ0v) is 21.0. The van der Waals surface area contributed by atoms with Crippen LogP contribution in [-0.2, 0) is 28.6 Å².